The Bertz CT molecular complexity index is 1080. The molecule has 1 aromatic carbocycles. The molecule has 0 unspecified atom stereocenters. The molecule has 0 bridgehead atoms. The van der Waals surface area contributed by atoms with Crippen molar-refractivity contribution in [2.45, 2.75) is 39.5 Å². The molecule has 1 aliphatic carbocycles. The molecule has 0 radical (unpaired) electrons. The number of halogens is 1. The predicted octanol–water partition coefficient (Wildman–Crippen LogP) is 6.31. The summed E-state index contributed by atoms with van der Waals surface area (Å²) in [6.07, 6.45) is 6.35. The van der Waals surface area contributed by atoms with Crippen molar-refractivity contribution in [3.05, 3.63) is 68.3 Å². The van der Waals surface area contributed by atoms with E-state index < -0.39 is 0 Å². The van der Waals surface area contributed by atoms with Gasteiger partial charge in [-0.2, -0.15) is 5.26 Å². The molecule has 0 spiro atoms. The molecule has 3 nitrogen and oxygen atoms in total. The Hall–Kier alpha value is -2.35. The van der Waals surface area contributed by atoms with E-state index in [0.717, 1.165) is 51.1 Å². The van der Waals surface area contributed by atoms with Gasteiger partial charge in [-0.3, -0.25) is 0 Å². The molecule has 0 atom stereocenters. The summed E-state index contributed by atoms with van der Waals surface area (Å²) in [6.45, 7) is 4.16. The van der Waals surface area contributed by atoms with Crippen molar-refractivity contribution in [3.63, 3.8) is 0 Å². The molecule has 2 heterocycles. The van der Waals surface area contributed by atoms with Gasteiger partial charge in [0, 0.05) is 38.8 Å². The summed E-state index contributed by atoms with van der Waals surface area (Å²) in [6, 6.07) is 12.4. The minimum absolute atomic E-state index is 0.720. The largest absolute Gasteiger partial charge is 0.318 e. The zero-order valence-electron chi connectivity index (χ0n) is 15.4. The van der Waals surface area contributed by atoms with Crippen LogP contribution in [-0.2, 0) is 12.8 Å². The van der Waals surface area contributed by atoms with Gasteiger partial charge >= 0.3 is 0 Å². The van der Waals surface area contributed by atoms with Crippen molar-refractivity contribution in [3.8, 4) is 11.8 Å². The van der Waals surface area contributed by atoms with Crippen molar-refractivity contribution in [2.75, 3.05) is 0 Å². The van der Waals surface area contributed by atoms with Crippen molar-refractivity contribution in [1.82, 2.24) is 4.57 Å². The number of thiophene rings is 1. The minimum Gasteiger partial charge on any atom is -0.318 e. The van der Waals surface area contributed by atoms with Crippen LogP contribution in [0.3, 0.4) is 0 Å². The summed E-state index contributed by atoms with van der Waals surface area (Å²) in [5.74, 6) is 0. The normalized spacial score (nSPS) is 13.7. The number of nitrogens with zero attached hydrogens (tertiary/aromatic N) is 3. The quantitative estimate of drug-likeness (QED) is 0.480. The second-order valence-corrected chi connectivity index (χ2v) is 8.42. The predicted molar refractivity (Wildman–Crippen MR) is 113 cm³/mol. The molecule has 0 saturated carbocycles. The fourth-order valence-electron chi connectivity index (χ4n) is 3.82. The third-order valence-electron chi connectivity index (χ3n) is 5.12. The highest BCUT2D eigenvalue weighted by Gasteiger charge is 2.20. The number of nitriles is 1. The molecule has 0 aliphatic heterocycles. The fourth-order valence-corrected chi connectivity index (χ4v) is 5.18. The highest BCUT2D eigenvalue weighted by molar-refractivity contribution is 7.16. The monoisotopic (exact) mass is 393 g/mol. The van der Waals surface area contributed by atoms with Crippen LogP contribution in [0.4, 0.5) is 5.00 Å². The Balaban J connectivity index is 1.71. The Kier molecular flexibility index (Phi) is 4.90. The number of fused-ring (bicyclic) bond motifs is 1. The van der Waals surface area contributed by atoms with Crippen LogP contribution in [0.2, 0.25) is 5.02 Å². The minimum atomic E-state index is 0.720. The van der Waals surface area contributed by atoms with Gasteiger partial charge in [0.15, 0.2) is 0 Å². The second kappa shape index (κ2) is 7.34. The maximum Gasteiger partial charge on any atom is 0.134 e. The van der Waals surface area contributed by atoms with E-state index in [9.17, 15) is 5.26 Å². The number of aromatic nitrogens is 1. The first-order valence-electron chi connectivity index (χ1n) is 9.12. The third-order valence-corrected chi connectivity index (χ3v) is 6.56. The van der Waals surface area contributed by atoms with Crippen LogP contribution in [0.15, 0.2) is 35.3 Å². The summed E-state index contributed by atoms with van der Waals surface area (Å²) < 4.78 is 2.18. The van der Waals surface area contributed by atoms with Crippen LogP contribution < -0.4 is 0 Å². The first-order valence-corrected chi connectivity index (χ1v) is 10.3. The average Bonchev–Trinajstić information content (AvgIpc) is 3.16. The number of hydrogen-bond acceptors (Lipinski definition) is 3. The molecule has 136 valence electrons. The molecule has 27 heavy (non-hydrogen) atoms. The zero-order valence-corrected chi connectivity index (χ0v) is 17.0. The van der Waals surface area contributed by atoms with Crippen molar-refractivity contribution in [1.29, 1.82) is 5.26 Å². The van der Waals surface area contributed by atoms with Crippen molar-refractivity contribution < 1.29 is 0 Å². The maximum atomic E-state index is 9.60. The Labute approximate surface area is 168 Å². The molecule has 3 aromatic rings. The number of aliphatic imine (C=N–C) groups is 1. The highest BCUT2D eigenvalue weighted by atomic mass is 35.5. The number of rotatable bonds is 3. The Morgan fingerprint density at radius 3 is 2.81 bits per heavy atom. The van der Waals surface area contributed by atoms with Crippen molar-refractivity contribution >= 4 is 34.2 Å². The van der Waals surface area contributed by atoms with Gasteiger partial charge in [-0.25, -0.2) is 4.99 Å². The molecule has 0 N–H and O–H groups in total. The van der Waals surface area contributed by atoms with Crippen LogP contribution in [0.5, 0.6) is 0 Å². The second-order valence-electron chi connectivity index (χ2n) is 6.90. The third kappa shape index (κ3) is 3.34. The van der Waals surface area contributed by atoms with Gasteiger partial charge in [0.1, 0.15) is 11.1 Å². The van der Waals surface area contributed by atoms with Gasteiger partial charge in [0.25, 0.3) is 0 Å². The number of benzene rings is 1. The van der Waals surface area contributed by atoms with Crippen molar-refractivity contribution in [2.24, 2.45) is 4.99 Å². The molecular formula is C22H20ClN3S. The molecule has 4 rings (SSSR count). The Morgan fingerprint density at radius 2 is 2.04 bits per heavy atom. The lowest BCUT2D eigenvalue weighted by molar-refractivity contribution is 0.696. The fraction of sp³-hybridized carbons (Fsp3) is 0.273. The van der Waals surface area contributed by atoms with Gasteiger partial charge in [-0.05, 0) is 69.4 Å². The first-order chi connectivity index (χ1) is 13.1. The SMILES string of the molecule is Cc1cc(C=Nc2sc3c(c2C#N)CCCC3)c(C)n1-c1cccc(Cl)c1. The summed E-state index contributed by atoms with van der Waals surface area (Å²) >= 11 is 7.84. The molecule has 1 aliphatic rings. The molecule has 0 saturated heterocycles. The topological polar surface area (TPSA) is 41.1 Å². The summed E-state index contributed by atoms with van der Waals surface area (Å²) in [4.78, 5) is 6.05. The van der Waals surface area contributed by atoms with E-state index in [1.165, 1.54) is 23.3 Å². The standard InChI is InChI=1S/C22H20ClN3S/c1-14-10-16(15(2)26(14)18-7-5-6-17(23)11-18)13-25-22-20(12-24)19-8-3-4-9-21(19)27-22/h5-7,10-11,13H,3-4,8-9H2,1-2H3. The van der Waals surface area contributed by atoms with E-state index in [1.807, 2.05) is 30.5 Å². The maximum absolute atomic E-state index is 9.60. The molecule has 2 aromatic heterocycles. The van der Waals surface area contributed by atoms with Crippen LogP contribution in [0.1, 0.15) is 45.8 Å². The zero-order chi connectivity index (χ0) is 19.0. The van der Waals surface area contributed by atoms with Crippen LogP contribution >= 0.6 is 22.9 Å². The summed E-state index contributed by atoms with van der Waals surface area (Å²) in [5.41, 5.74) is 6.34. The van der Waals surface area contributed by atoms with Gasteiger partial charge in [-0.1, -0.05) is 17.7 Å². The van der Waals surface area contributed by atoms with Crippen LogP contribution in [0, 0.1) is 25.2 Å². The van der Waals surface area contributed by atoms with E-state index in [4.69, 9.17) is 16.6 Å². The highest BCUT2D eigenvalue weighted by Crippen LogP contribution is 2.39. The van der Waals surface area contributed by atoms with E-state index in [-0.39, 0.29) is 0 Å². The molecular weight excluding hydrogens is 374 g/mol. The molecule has 0 amide bonds. The van der Waals surface area contributed by atoms with Gasteiger partial charge in [0.2, 0.25) is 0 Å². The summed E-state index contributed by atoms with van der Waals surface area (Å²) in [5, 5.41) is 11.2. The first kappa shape index (κ1) is 18.0. The lowest BCUT2D eigenvalue weighted by atomic mass is 9.96. The van der Waals surface area contributed by atoms with E-state index in [2.05, 4.69) is 30.6 Å². The van der Waals surface area contributed by atoms with Gasteiger partial charge in [-0.15, -0.1) is 11.3 Å². The average molecular weight is 394 g/mol. The Morgan fingerprint density at radius 1 is 1.22 bits per heavy atom. The lowest BCUT2D eigenvalue weighted by Gasteiger charge is -2.09. The van der Waals surface area contributed by atoms with E-state index in [0.29, 0.717) is 0 Å². The smallest absolute Gasteiger partial charge is 0.134 e. The van der Waals surface area contributed by atoms with Gasteiger partial charge < -0.3 is 4.57 Å². The number of aryl methyl sites for hydroxylation is 2. The summed E-state index contributed by atoms with van der Waals surface area (Å²) in [7, 11) is 0. The molecule has 5 heteroatoms. The van der Waals surface area contributed by atoms with E-state index in [1.54, 1.807) is 11.3 Å². The molecule has 0 fully saturated rings. The van der Waals surface area contributed by atoms with Gasteiger partial charge in [0.05, 0.1) is 5.56 Å². The van der Waals surface area contributed by atoms with Crippen LogP contribution in [0.25, 0.3) is 5.69 Å². The number of hydrogen-bond donors (Lipinski definition) is 0. The van der Waals surface area contributed by atoms with E-state index >= 15 is 0 Å². The lowest BCUT2D eigenvalue weighted by Crippen LogP contribution is -1.99. The van der Waals surface area contributed by atoms with Crippen LogP contribution in [-0.4, -0.2) is 10.8 Å².